The highest BCUT2D eigenvalue weighted by Gasteiger charge is 2.17. The zero-order chi connectivity index (χ0) is 15.8. The number of ether oxygens (including phenoxy) is 3. The Labute approximate surface area is 133 Å². The molecule has 0 saturated heterocycles. The third-order valence-corrected chi connectivity index (χ3v) is 3.94. The summed E-state index contributed by atoms with van der Waals surface area (Å²) in [6, 6.07) is 16.7. The predicted molar refractivity (Wildman–Crippen MR) is 86.5 cm³/mol. The van der Waals surface area contributed by atoms with E-state index < -0.39 is 0 Å². The average molecular weight is 306 g/mol. The van der Waals surface area contributed by atoms with E-state index in [1.54, 1.807) is 25.3 Å². The molecule has 0 aliphatic carbocycles. The normalized spacial score (nSPS) is 12.4. The highest BCUT2D eigenvalue weighted by atomic mass is 16.7. The summed E-state index contributed by atoms with van der Waals surface area (Å²) in [5, 5.41) is 2.03. The molecule has 3 aromatic carbocycles. The van der Waals surface area contributed by atoms with Crippen LogP contribution in [-0.4, -0.2) is 19.7 Å². The Bertz CT molecular complexity index is 914. The van der Waals surface area contributed by atoms with E-state index in [9.17, 15) is 4.79 Å². The van der Waals surface area contributed by atoms with E-state index in [1.165, 1.54) is 0 Å². The molecule has 4 rings (SSSR count). The van der Waals surface area contributed by atoms with Gasteiger partial charge in [-0.1, -0.05) is 18.2 Å². The molecule has 0 amide bonds. The summed E-state index contributed by atoms with van der Waals surface area (Å²) in [4.78, 5) is 12.7. The van der Waals surface area contributed by atoms with Gasteiger partial charge in [0.2, 0.25) is 6.79 Å². The van der Waals surface area contributed by atoms with Gasteiger partial charge in [-0.05, 0) is 47.2 Å². The second-order valence-corrected chi connectivity index (χ2v) is 5.33. The first kappa shape index (κ1) is 13.6. The Hall–Kier alpha value is -3.01. The SMILES string of the molecule is COc1ccc2cc(C(=O)c3ccc4c(c3)OCO4)ccc2c1. The Kier molecular flexibility index (Phi) is 3.15. The van der Waals surface area contributed by atoms with Crippen LogP contribution in [0.15, 0.2) is 54.6 Å². The molecule has 23 heavy (non-hydrogen) atoms. The number of methoxy groups -OCH3 is 1. The molecule has 0 saturated carbocycles. The Morgan fingerprint density at radius 2 is 1.57 bits per heavy atom. The van der Waals surface area contributed by atoms with Crippen molar-refractivity contribution in [3.8, 4) is 17.2 Å². The molecular weight excluding hydrogens is 292 g/mol. The van der Waals surface area contributed by atoms with Gasteiger partial charge in [0.1, 0.15) is 5.75 Å². The highest BCUT2D eigenvalue weighted by Crippen LogP contribution is 2.33. The Morgan fingerprint density at radius 1 is 0.870 bits per heavy atom. The van der Waals surface area contributed by atoms with E-state index in [-0.39, 0.29) is 12.6 Å². The molecule has 0 fully saturated rings. The lowest BCUT2D eigenvalue weighted by molar-refractivity contribution is 0.103. The second kappa shape index (κ2) is 5.32. The number of hydrogen-bond acceptors (Lipinski definition) is 4. The summed E-state index contributed by atoms with van der Waals surface area (Å²) in [5.41, 5.74) is 1.23. The van der Waals surface area contributed by atoms with Crippen LogP contribution in [0.3, 0.4) is 0 Å². The van der Waals surface area contributed by atoms with Crippen LogP contribution in [0.5, 0.6) is 17.2 Å². The number of carbonyl (C=O) groups is 1. The van der Waals surface area contributed by atoms with Gasteiger partial charge in [0.05, 0.1) is 7.11 Å². The number of rotatable bonds is 3. The molecule has 0 unspecified atom stereocenters. The van der Waals surface area contributed by atoms with Gasteiger partial charge in [-0.25, -0.2) is 0 Å². The summed E-state index contributed by atoms with van der Waals surface area (Å²) >= 11 is 0. The first-order chi connectivity index (χ1) is 11.2. The lowest BCUT2D eigenvalue weighted by Crippen LogP contribution is -2.01. The van der Waals surface area contributed by atoms with Gasteiger partial charge in [-0.3, -0.25) is 4.79 Å². The number of hydrogen-bond donors (Lipinski definition) is 0. The molecule has 1 aliphatic heterocycles. The number of fused-ring (bicyclic) bond motifs is 2. The molecule has 4 heteroatoms. The van der Waals surface area contributed by atoms with Crippen LogP contribution in [0.2, 0.25) is 0 Å². The van der Waals surface area contributed by atoms with Crippen molar-refractivity contribution in [3.05, 3.63) is 65.7 Å². The predicted octanol–water partition coefficient (Wildman–Crippen LogP) is 3.81. The molecular formula is C19H14O4. The molecule has 3 aromatic rings. The fraction of sp³-hybridized carbons (Fsp3) is 0.105. The van der Waals surface area contributed by atoms with Crippen molar-refractivity contribution in [2.24, 2.45) is 0 Å². The monoisotopic (exact) mass is 306 g/mol. The molecule has 0 bridgehead atoms. The molecule has 1 aliphatic rings. The lowest BCUT2D eigenvalue weighted by atomic mass is 9.99. The van der Waals surface area contributed by atoms with Crippen LogP contribution in [0.25, 0.3) is 10.8 Å². The van der Waals surface area contributed by atoms with E-state index in [0.717, 1.165) is 16.5 Å². The van der Waals surface area contributed by atoms with Crippen molar-refractivity contribution in [1.29, 1.82) is 0 Å². The van der Waals surface area contributed by atoms with E-state index in [1.807, 2.05) is 36.4 Å². The van der Waals surface area contributed by atoms with Crippen LogP contribution in [0, 0.1) is 0 Å². The summed E-state index contributed by atoms with van der Waals surface area (Å²) in [5.74, 6) is 2.04. The summed E-state index contributed by atoms with van der Waals surface area (Å²) in [7, 11) is 1.64. The van der Waals surface area contributed by atoms with Crippen LogP contribution < -0.4 is 14.2 Å². The summed E-state index contributed by atoms with van der Waals surface area (Å²) in [6.07, 6.45) is 0. The van der Waals surface area contributed by atoms with Gasteiger partial charge in [-0.2, -0.15) is 0 Å². The van der Waals surface area contributed by atoms with Crippen LogP contribution >= 0.6 is 0 Å². The largest absolute Gasteiger partial charge is 0.497 e. The van der Waals surface area contributed by atoms with Gasteiger partial charge in [0, 0.05) is 11.1 Å². The average Bonchev–Trinajstić information content (AvgIpc) is 3.07. The first-order valence-electron chi connectivity index (χ1n) is 7.27. The van der Waals surface area contributed by atoms with Crippen molar-refractivity contribution in [1.82, 2.24) is 0 Å². The maximum Gasteiger partial charge on any atom is 0.231 e. The van der Waals surface area contributed by atoms with Gasteiger partial charge in [-0.15, -0.1) is 0 Å². The van der Waals surface area contributed by atoms with Crippen LogP contribution in [0.4, 0.5) is 0 Å². The third kappa shape index (κ3) is 2.38. The van der Waals surface area contributed by atoms with E-state index in [2.05, 4.69) is 0 Å². The molecule has 0 N–H and O–H groups in total. The fourth-order valence-electron chi connectivity index (χ4n) is 2.70. The van der Waals surface area contributed by atoms with E-state index in [4.69, 9.17) is 14.2 Å². The van der Waals surface area contributed by atoms with Crippen molar-refractivity contribution in [2.75, 3.05) is 13.9 Å². The molecule has 0 aromatic heterocycles. The van der Waals surface area contributed by atoms with Gasteiger partial charge in [0.25, 0.3) is 0 Å². The standard InChI is InChI=1S/C19H14O4/c1-21-16-6-4-12-8-14(3-2-13(12)9-16)19(20)15-5-7-17-18(10-15)23-11-22-17/h2-10H,11H2,1H3. The van der Waals surface area contributed by atoms with Crippen molar-refractivity contribution in [3.63, 3.8) is 0 Å². The Morgan fingerprint density at radius 3 is 2.43 bits per heavy atom. The smallest absolute Gasteiger partial charge is 0.231 e. The molecule has 1 heterocycles. The number of ketones is 1. The zero-order valence-corrected chi connectivity index (χ0v) is 12.5. The highest BCUT2D eigenvalue weighted by molar-refractivity contribution is 6.11. The first-order valence-corrected chi connectivity index (χ1v) is 7.27. The van der Waals surface area contributed by atoms with Gasteiger partial charge in [0.15, 0.2) is 17.3 Å². The number of carbonyl (C=O) groups excluding carboxylic acids is 1. The molecule has 0 atom stereocenters. The maximum absolute atomic E-state index is 12.7. The van der Waals surface area contributed by atoms with Crippen molar-refractivity contribution < 1.29 is 19.0 Å². The summed E-state index contributed by atoms with van der Waals surface area (Å²) < 4.78 is 15.8. The van der Waals surface area contributed by atoms with Crippen LogP contribution in [0.1, 0.15) is 15.9 Å². The van der Waals surface area contributed by atoms with Crippen molar-refractivity contribution in [2.45, 2.75) is 0 Å². The Balaban J connectivity index is 1.72. The minimum absolute atomic E-state index is 0.0407. The minimum Gasteiger partial charge on any atom is -0.497 e. The number of benzene rings is 3. The second-order valence-electron chi connectivity index (χ2n) is 5.33. The topological polar surface area (TPSA) is 44.8 Å². The quantitative estimate of drug-likeness (QED) is 0.690. The lowest BCUT2D eigenvalue weighted by Gasteiger charge is -2.06. The van der Waals surface area contributed by atoms with Gasteiger partial charge >= 0.3 is 0 Å². The molecule has 0 radical (unpaired) electrons. The molecule has 114 valence electrons. The third-order valence-electron chi connectivity index (χ3n) is 3.94. The molecule has 4 nitrogen and oxygen atoms in total. The molecule has 0 spiro atoms. The van der Waals surface area contributed by atoms with Crippen molar-refractivity contribution >= 4 is 16.6 Å². The van der Waals surface area contributed by atoms with Gasteiger partial charge < -0.3 is 14.2 Å². The van der Waals surface area contributed by atoms with Crippen LogP contribution in [-0.2, 0) is 0 Å². The minimum atomic E-state index is -0.0407. The van der Waals surface area contributed by atoms with E-state index >= 15 is 0 Å². The van der Waals surface area contributed by atoms with E-state index in [0.29, 0.717) is 22.6 Å². The maximum atomic E-state index is 12.7. The zero-order valence-electron chi connectivity index (χ0n) is 12.5. The fourth-order valence-corrected chi connectivity index (χ4v) is 2.70. The summed E-state index contributed by atoms with van der Waals surface area (Å²) in [6.45, 7) is 0.199.